The van der Waals surface area contributed by atoms with Gasteiger partial charge in [0.05, 0.1) is 24.1 Å². The summed E-state index contributed by atoms with van der Waals surface area (Å²) in [4.78, 5) is 11.1. The number of benzene rings is 1. The number of carbonyl (C=O) groups is 1. The lowest BCUT2D eigenvalue weighted by atomic mass is 10.2. The van der Waals surface area contributed by atoms with Gasteiger partial charge in [0.25, 0.3) is 0 Å². The molecule has 0 saturated heterocycles. The fraction of sp³-hybridized carbons (Fsp3) is 0.417. The average Bonchev–Trinajstić information content (AvgIpc) is 3.11. The summed E-state index contributed by atoms with van der Waals surface area (Å²) in [5.74, 6) is -0.604. The zero-order chi connectivity index (χ0) is 14.0. The molecule has 104 valence electrons. The molecule has 1 saturated carbocycles. The summed E-state index contributed by atoms with van der Waals surface area (Å²) in [7, 11) is -2.09. The number of ether oxygens (including phenoxy) is 1. The first-order chi connectivity index (χ1) is 8.91. The van der Waals surface area contributed by atoms with Crippen LogP contribution in [0.5, 0.6) is 5.75 Å². The van der Waals surface area contributed by atoms with Gasteiger partial charge in [-0.25, -0.2) is 13.2 Å². The highest BCUT2D eigenvalue weighted by Crippen LogP contribution is 2.31. The quantitative estimate of drug-likeness (QED) is 0.827. The average molecular weight is 285 g/mol. The van der Waals surface area contributed by atoms with Gasteiger partial charge >= 0.3 is 5.97 Å². The Labute approximate surface area is 111 Å². The lowest BCUT2D eigenvalue weighted by molar-refractivity contribution is 0.0697. The molecule has 2 rings (SSSR count). The largest absolute Gasteiger partial charge is 0.497 e. The SMILES string of the molecule is COc1ccc(NS(=O)(=O)CC2CC2)c(C(=O)O)c1. The van der Waals surface area contributed by atoms with Crippen molar-refractivity contribution in [1.82, 2.24) is 0 Å². The highest BCUT2D eigenvalue weighted by atomic mass is 32.2. The van der Waals surface area contributed by atoms with Gasteiger partial charge in [0.2, 0.25) is 10.0 Å². The van der Waals surface area contributed by atoms with E-state index in [1.165, 1.54) is 25.3 Å². The van der Waals surface area contributed by atoms with Crippen molar-refractivity contribution < 1.29 is 23.1 Å². The fourth-order valence-electron chi connectivity index (χ4n) is 1.72. The normalized spacial score (nSPS) is 15.0. The Bertz CT molecular complexity index is 592. The minimum atomic E-state index is -3.50. The van der Waals surface area contributed by atoms with Crippen molar-refractivity contribution in [3.05, 3.63) is 23.8 Å². The zero-order valence-electron chi connectivity index (χ0n) is 10.4. The second-order valence-corrected chi connectivity index (χ2v) is 6.31. The molecule has 0 aliphatic heterocycles. The van der Waals surface area contributed by atoms with E-state index >= 15 is 0 Å². The molecule has 1 aromatic carbocycles. The number of aromatic carboxylic acids is 1. The highest BCUT2D eigenvalue weighted by Gasteiger charge is 2.28. The van der Waals surface area contributed by atoms with Crippen LogP contribution in [0.25, 0.3) is 0 Å². The minimum Gasteiger partial charge on any atom is -0.497 e. The molecule has 1 fully saturated rings. The number of carboxylic acid groups (broad SMARTS) is 1. The molecule has 0 unspecified atom stereocenters. The third kappa shape index (κ3) is 3.60. The van der Waals surface area contributed by atoms with Gasteiger partial charge in [-0.05, 0) is 37.0 Å². The van der Waals surface area contributed by atoms with Crippen molar-refractivity contribution in [3.63, 3.8) is 0 Å². The summed E-state index contributed by atoms with van der Waals surface area (Å²) in [5, 5.41) is 9.09. The molecule has 0 amide bonds. The molecule has 1 aliphatic rings. The van der Waals surface area contributed by atoms with Crippen LogP contribution in [0.1, 0.15) is 23.2 Å². The van der Waals surface area contributed by atoms with Crippen molar-refractivity contribution >= 4 is 21.7 Å². The van der Waals surface area contributed by atoms with Crippen LogP contribution < -0.4 is 9.46 Å². The van der Waals surface area contributed by atoms with Gasteiger partial charge in [0.15, 0.2) is 0 Å². The van der Waals surface area contributed by atoms with E-state index in [0.29, 0.717) is 5.75 Å². The minimum absolute atomic E-state index is 0.0398. The predicted molar refractivity (Wildman–Crippen MR) is 70.1 cm³/mol. The molecule has 2 N–H and O–H groups in total. The summed E-state index contributed by atoms with van der Waals surface area (Å²) < 4.78 is 30.9. The fourth-order valence-corrected chi connectivity index (χ4v) is 3.27. The van der Waals surface area contributed by atoms with Crippen LogP contribution in [-0.4, -0.2) is 32.4 Å². The summed E-state index contributed by atoms with van der Waals surface area (Å²) >= 11 is 0. The number of methoxy groups -OCH3 is 1. The molecular weight excluding hydrogens is 270 g/mol. The Morgan fingerprint density at radius 3 is 2.68 bits per heavy atom. The van der Waals surface area contributed by atoms with Crippen molar-refractivity contribution in [2.24, 2.45) is 5.92 Å². The Balaban J connectivity index is 2.25. The summed E-state index contributed by atoms with van der Waals surface area (Å²) in [6.07, 6.45) is 1.82. The van der Waals surface area contributed by atoms with Crippen molar-refractivity contribution in [2.45, 2.75) is 12.8 Å². The van der Waals surface area contributed by atoms with Gasteiger partial charge in [0.1, 0.15) is 5.75 Å². The van der Waals surface area contributed by atoms with E-state index in [2.05, 4.69) is 4.72 Å². The first kappa shape index (κ1) is 13.7. The highest BCUT2D eigenvalue weighted by molar-refractivity contribution is 7.92. The molecule has 1 aliphatic carbocycles. The Morgan fingerprint density at radius 1 is 1.47 bits per heavy atom. The molecule has 0 atom stereocenters. The maximum Gasteiger partial charge on any atom is 0.337 e. The summed E-state index contributed by atoms with van der Waals surface area (Å²) in [5.41, 5.74) is -0.0623. The number of rotatable bonds is 6. The maximum absolute atomic E-state index is 11.8. The van der Waals surface area contributed by atoms with Gasteiger partial charge in [-0.15, -0.1) is 0 Å². The van der Waals surface area contributed by atoms with Gasteiger partial charge in [-0.1, -0.05) is 0 Å². The number of anilines is 1. The van der Waals surface area contributed by atoms with Crippen molar-refractivity contribution in [2.75, 3.05) is 17.6 Å². The Hall–Kier alpha value is -1.76. The molecule has 0 radical (unpaired) electrons. The Morgan fingerprint density at radius 2 is 2.16 bits per heavy atom. The lowest BCUT2D eigenvalue weighted by Crippen LogP contribution is -2.19. The van der Waals surface area contributed by atoms with Crippen LogP contribution in [0.15, 0.2) is 18.2 Å². The third-order valence-electron chi connectivity index (χ3n) is 2.87. The number of carboxylic acids is 1. The van der Waals surface area contributed by atoms with Gasteiger partial charge in [-0.3, -0.25) is 4.72 Å². The summed E-state index contributed by atoms with van der Waals surface area (Å²) in [6.45, 7) is 0. The molecule has 6 nitrogen and oxygen atoms in total. The lowest BCUT2D eigenvalue weighted by Gasteiger charge is -2.11. The second kappa shape index (κ2) is 5.08. The van der Waals surface area contributed by atoms with Crippen molar-refractivity contribution in [1.29, 1.82) is 0 Å². The summed E-state index contributed by atoms with van der Waals surface area (Å²) in [6, 6.07) is 4.20. The van der Waals surface area contributed by atoms with Crippen molar-refractivity contribution in [3.8, 4) is 5.75 Å². The van der Waals surface area contributed by atoms with Gasteiger partial charge in [-0.2, -0.15) is 0 Å². The van der Waals surface area contributed by atoms with Gasteiger partial charge < -0.3 is 9.84 Å². The van der Waals surface area contributed by atoms with Crippen LogP contribution >= 0.6 is 0 Å². The molecule has 0 spiro atoms. The molecule has 19 heavy (non-hydrogen) atoms. The topological polar surface area (TPSA) is 92.7 Å². The third-order valence-corrected chi connectivity index (χ3v) is 4.32. The Kier molecular flexibility index (Phi) is 3.66. The van der Waals surface area contributed by atoms with E-state index in [9.17, 15) is 13.2 Å². The standard InChI is InChI=1S/C12H15NO5S/c1-18-9-4-5-11(10(6-9)12(14)15)13-19(16,17)7-8-2-3-8/h4-6,8,13H,2-3,7H2,1H3,(H,14,15). The molecule has 0 bridgehead atoms. The van der Waals surface area contributed by atoms with E-state index in [-0.39, 0.29) is 22.9 Å². The monoisotopic (exact) mass is 285 g/mol. The molecule has 0 heterocycles. The van der Waals surface area contributed by atoms with Gasteiger partial charge in [0, 0.05) is 0 Å². The smallest absolute Gasteiger partial charge is 0.337 e. The number of hydrogen-bond donors (Lipinski definition) is 2. The number of sulfonamides is 1. The number of nitrogens with one attached hydrogen (secondary N) is 1. The van der Waals surface area contributed by atoms with Crippen LogP contribution in [0.2, 0.25) is 0 Å². The predicted octanol–water partition coefficient (Wildman–Crippen LogP) is 1.55. The number of hydrogen-bond acceptors (Lipinski definition) is 4. The van der Waals surface area contributed by atoms with E-state index in [0.717, 1.165) is 12.8 Å². The van der Waals surface area contributed by atoms with E-state index < -0.39 is 16.0 Å². The van der Waals surface area contributed by atoms with Crippen LogP contribution in [0.4, 0.5) is 5.69 Å². The zero-order valence-corrected chi connectivity index (χ0v) is 11.2. The van der Waals surface area contributed by atoms with Crippen LogP contribution in [0.3, 0.4) is 0 Å². The first-order valence-corrected chi connectivity index (χ1v) is 7.48. The van der Waals surface area contributed by atoms with Crippen LogP contribution in [-0.2, 0) is 10.0 Å². The molecule has 1 aromatic rings. The molecular formula is C12H15NO5S. The van der Waals surface area contributed by atoms with E-state index in [1.54, 1.807) is 0 Å². The van der Waals surface area contributed by atoms with Crippen LogP contribution in [0, 0.1) is 5.92 Å². The molecule has 0 aromatic heterocycles. The van der Waals surface area contributed by atoms with E-state index in [1.807, 2.05) is 0 Å². The molecule has 7 heteroatoms. The second-order valence-electron chi connectivity index (χ2n) is 4.54. The first-order valence-electron chi connectivity index (χ1n) is 5.83. The maximum atomic E-state index is 11.8. The van der Waals surface area contributed by atoms with E-state index in [4.69, 9.17) is 9.84 Å².